The largest absolute Gasteiger partial charge is 0.478 e. The molecule has 3 rings (SSSR count). The van der Waals surface area contributed by atoms with E-state index in [9.17, 15) is 24.8 Å². The average molecular weight is 451 g/mol. The normalized spacial score (nSPS) is 20.0. The lowest BCUT2D eigenvalue weighted by molar-refractivity contribution is -0.553. The van der Waals surface area contributed by atoms with Crippen molar-refractivity contribution in [1.29, 1.82) is 0 Å². The fourth-order valence-electron chi connectivity index (χ4n) is 4.05. The van der Waals surface area contributed by atoms with Crippen LogP contribution in [0.15, 0.2) is 76.8 Å². The van der Waals surface area contributed by atoms with Crippen molar-refractivity contribution in [2.45, 2.75) is 31.6 Å². The van der Waals surface area contributed by atoms with Crippen LogP contribution in [0.1, 0.15) is 18.1 Å². The third kappa shape index (κ3) is 4.68. The molecule has 0 saturated carbocycles. The van der Waals surface area contributed by atoms with Gasteiger partial charge in [0.25, 0.3) is 0 Å². The summed E-state index contributed by atoms with van der Waals surface area (Å²) in [4.78, 5) is 43.1. The quantitative estimate of drug-likeness (QED) is 0.353. The number of ether oxygens (including phenoxy) is 1. The van der Waals surface area contributed by atoms with Gasteiger partial charge < -0.3 is 9.84 Å². The highest BCUT2D eigenvalue weighted by Crippen LogP contribution is 2.38. The Labute approximate surface area is 191 Å². The molecule has 0 fully saturated rings. The molecule has 1 aliphatic rings. The van der Waals surface area contributed by atoms with Gasteiger partial charge in [-0.3, -0.25) is 20.0 Å². The minimum atomic E-state index is -2.53. The van der Waals surface area contributed by atoms with E-state index in [0.29, 0.717) is 5.56 Å². The molecule has 1 heterocycles. The van der Waals surface area contributed by atoms with E-state index >= 15 is 0 Å². The van der Waals surface area contributed by atoms with Gasteiger partial charge in [0, 0.05) is 29.7 Å². The van der Waals surface area contributed by atoms with E-state index in [1.807, 2.05) is 30.3 Å². The number of carbonyl (C=O) groups excluding carboxylic acids is 1. The molecule has 0 aromatic heterocycles. The Morgan fingerprint density at radius 2 is 1.70 bits per heavy atom. The van der Waals surface area contributed by atoms with Gasteiger partial charge in [0.15, 0.2) is 6.17 Å². The second kappa shape index (κ2) is 10.2. The lowest BCUT2D eigenvalue weighted by atomic mass is 9.78. The van der Waals surface area contributed by atoms with E-state index in [-0.39, 0.29) is 30.7 Å². The van der Waals surface area contributed by atoms with Gasteiger partial charge in [0.2, 0.25) is 0 Å². The van der Waals surface area contributed by atoms with Crippen molar-refractivity contribution in [3.05, 3.63) is 93.1 Å². The molecule has 2 unspecified atom stereocenters. The molecular weight excluding hydrogens is 426 g/mol. The van der Waals surface area contributed by atoms with E-state index in [2.05, 4.69) is 4.99 Å². The summed E-state index contributed by atoms with van der Waals surface area (Å²) in [5, 5.41) is 22.5. The molecule has 1 N–H and O–H groups in total. The Hall–Kier alpha value is -3.85. The summed E-state index contributed by atoms with van der Waals surface area (Å²) in [6.07, 6.45) is -0.328. The molecule has 0 saturated heterocycles. The topological polar surface area (TPSA) is 122 Å². The maximum absolute atomic E-state index is 13.3. The summed E-state index contributed by atoms with van der Waals surface area (Å²) < 4.78 is 5.16. The minimum Gasteiger partial charge on any atom is -0.478 e. The maximum atomic E-state index is 13.3. The third-order valence-electron chi connectivity index (χ3n) is 5.52. The van der Waals surface area contributed by atoms with Crippen LogP contribution in [-0.2, 0) is 27.3 Å². The second-order valence-electron chi connectivity index (χ2n) is 7.66. The zero-order valence-electron chi connectivity index (χ0n) is 18.4. The molecule has 0 spiro atoms. The fraction of sp³-hybridized carbons (Fsp3) is 0.292. The molecule has 172 valence electrons. The van der Waals surface area contributed by atoms with Crippen molar-refractivity contribution < 1.29 is 24.4 Å². The molecule has 0 bridgehead atoms. The highest BCUT2D eigenvalue weighted by atomic mass is 16.6. The van der Waals surface area contributed by atoms with Gasteiger partial charge in [-0.1, -0.05) is 60.7 Å². The van der Waals surface area contributed by atoms with Crippen LogP contribution in [-0.4, -0.2) is 58.4 Å². The first-order valence-electron chi connectivity index (χ1n) is 10.4. The monoisotopic (exact) mass is 451 g/mol. The number of carbonyl (C=O) groups is 2. The number of nitro groups is 1. The first-order chi connectivity index (χ1) is 15.8. The summed E-state index contributed by atoms with van der Waals surface area (Å²) in [6.45, 7) is 1.69. The standard InChI is InChI=1S/C24H25N3O6/c1-3-33-23(30)24(27(31)32)20(14-17-10-6-4-7-11-17)19(21(28)29)15-25-22(24)26(2)16-18-12-8-5-9-13-18/h4-13,15,22H,3,14,16H2,1-2H3,(H,28,29). The third-order valence-corrected chi connectivity index (χ3v) is 5.52. The van der Waals surface area contributed by atoms with Gasteiger partial charge in [-0.2, -0.15) is 0 Å². The SMILES string of the molecule is CCOC(=O)C1([N+](=O)[O-])C(Cc2ccccc2)=C(C(=O)O)C=NC1N(C)Cc1ccccc1. The van der Waals surface area contributed by atoms with Crippen molar-refractivity contribution in [3.8, 4) is 0 Å². The molecule has 33 heavy (non-hydrogen) atoms. The Kier molecular flexibility index (Phi) is 7.34. The summed E-state index contributed by atoms with van der Waals surface area (Å²) in [7, 11) is 1.61. The number of likely N-dealkylation sites (N-methyl/N-ethyl adjacent to an activating group) is 1. The van der Waals surface area contributed by atoms with Gasteiger partial charge in [0.05, 0.1) is 12.2 Å². The van der Waals surface area contributed by atoms with E-state index < -0.39 is 28.6 Å². The zero-order chi connectivity index (χ0) is 24.0. The van der Waals surface area contributed by atoms with Crippen LogP contribution in [0.4, 0.5) is 0 Å². The number of hydrogen-bond acceptors (Lipinski definition) is 7. The average Bonchev–Trinajstić information content (AvgIpc) is 2.79. The Balaban J connectivity index is 2.19. The number of carboxylic acids is 1. The molecule has 0 amide bonds. The number of esters is 1. The lowest BCUT2D eigenvalue weighted by Gasteiger charge is -2.38. The van der Waals surface area contributed by atoms with Crippen LogP contribution in [0.5, 0.6) is 0 Å². The predicted molar refractivity (Wildman–Crippen MR) is 121 cm³/mol. The number of benzene rings is 2. The van der Waals surface area contributed by atoms with E-state index in [1.54, 1.807) is 49.2 Å². The van der Waals surface area contributed by atoms with Crippen molar-refractivity contribution in [2.24, 2.45) is 4.99 Å². The summed E-state index contributed by atoms with van der Waals surface area (Å²) in [5.74, 6) is -2.54. The number of rotatable bonds is 9. The van der Waals surface area contributed by atoms with Crippen molar-refractivity contribution in [3.63, 3.8) is 0 Å². The zero-order valence-corrected chi connectivity index (χ0v) is 18.4. The second-order valence-corrected chi connectivity index (χ2v) is 7.66. The van der Waals surface area contributed by atoms with Crippen LogP contribution >= 0.6 is 0 Å². The summed E-state index contributed by atoms with van der Waals surface area (Å²) in [6, 6.07) is 17.9. The van der Waals surface area contributed by atoms with E-state index in [0.717, 1.165) is 11.8 Å². The fourth-order valence-corrected chi connectivity index (χ4v) is 4.05. The van der Waals surface area contributed by atoms with E-state index in [4.69, 9.17) is 4.74 Å². The minimum absolute atomic E-state index is 0.103. The van der Waals surface area contributed by atoms with Gasteiger partial charge in [-0.05, 0) is 25.1 Å². The molecule has 9 nitrogen and oxygen atoms in total. The maximum Gasteiger partial charge on any atom is 0.393 e. The van der Waals surface area contributed by atoms with Gasteiger partial charge in [-0.25, -0.2) is 9.59 Å². The van der Waals surface area contributed by atoms with Crippen molar-refractivity contribution in [1.82, 2.24) is 4.90 Å². The van der Waals surface area contributed by atoms with Crippen LogP contribution in [0.25, 0.3) is 0 Å². The Morgan fingerprint density at radius 1 is 1.12 bits per heavy atom. The first kappa shape index (κ1) is 23.8. The number of carboxylic acid groups (broad SMARTS) is 1. The highest BCUT2D eigenvalue weighted by molar-refractivity contribution is 6.12. The summed E-state index contributed by atoms with van der Waals surface area (Å²) >= 11 is 0. The number of nitrogens with zero attached hydrogens (tertiary/aromatic N) is 3. The van der Waals surface area contributed by atoms with Crippen LogP contribution < -0.4 is 0 Å². The summed E-state index contributed by atoms with van der Waals surface area (Å²) in [5.41, 5.74) is -1.59. The molecule has 0 aliphatic carbocycles. The van der Waals surface area contributed by atoms with Gasteiger partial charge in [-0.15, -0.1) is 0 Å². The van der Waals surface area contributed by atoms with Gasteiger partial charge in [0.1, 0.15) is 0 Å². The molecule has 2 aromatic rings. The number of aliphatic imine (C=N–C) groups is 1. The highest BCUT2D eigenvalue weighted by Gasteiger charge is 2.65. The number of dihydropyridines is 1. The van der Waals surface area contributed by atoms with Gasteiger partial charge >= 0.3 is 17.5 Å². The van der Waals surface area contributed by atoms with Crippen molar-refractivity contribution in [2.75, 3.05) is 13.7 Å². The molecule has 2 atom stereocenters. The van der Waals surface area contributed by atoms with Crippen LogP contribution in [0, 0.1) is 10.1 Å². The number of aliphatic carboxylic acids is 1. The first-order valence-corrected chi connectivity index (χ1v) is 10.4. The van der Waals surface area contributed by atoms with E-state index in [1.165, 1.54) is 0 Å². The molecule has 2 aromatic carbocycles. The van der Waals surface area contributed by atoms with Crippen molar-refractivity contribution >= 4 is 18.2 Å². The van der Waals surface area contributed by atoms with Crippen LogP contribution in [0.3, 0.4) is 0 Å². The predicted octanol–water partition coefficient (Wildman–Crippen LogP) is 2.73. The Bertz CT molecular complexity index is 1080. The smallest absolute Gasteiger partial charge is 0.393 e. The lowest BCUT2D eigenvalue weighted by Crippen LogP contribution is -2.64. The molecule has 1 aliphatic heterocycles. The molecular formula is C24H25N3O6. The molecule has 0 radical (unpaired) electrons. The number of hydrogen-bond donors (Lipinski definition) is 1. The Morgan fingerprint density at radius 3 is 2.21 bits per heavy atom. The molecule has 9 heteroatoms. The van der Waals surface area contributed by atoms with Crippen LogP contribution in [0.2, 0.25) is 0 Å².